The maximum absolute atomic E-state index is 13.0. The van der Waals surface area contributed by atoms with E-state index in [2.05, 4.69) is 20.1 Å². The van der Waals surface area contributed by atoms with Gasteiger partial charge in [-0.15, -0.1) is 0 Å². The van der Waals surface area contributed by atoms with Crippen LogP contribution in [-0.2, 0) is 16.1 Å². The summed E-state index contributed by atoms with van der Waals surface area (Å²) < 4.78 is 12.7. The van der Waals surface area contributed by atoms with Crippen molar-refractivity contribution < 1.29 is 19.1 Å². The Hall–Kier alpha value is -3.62. The summed E-state index contributed by atoms with van der Waals surface area (Å²) >= 11 is 0. The van der Waals surface area contributed by atoms with Gasteiger partial charge in [0, 0.05) is 55.4 Å². The molecular formula is C28H34N4O4. The Labute approximate surface area is 212 Å². The third-order valence-electron chi connectivity index (χ3n) is 6.43. The Morgan fingerprint density at radius 3 is 2.50 bits per heavy atom. The molecule has 0 spiro atoms. The molecule has 36 heavy (non-hydrogen) atoms. The van der Waals surface area contributed by atoms with Crippen molar-refractivity contribution in [3.8, 4) is 11.4 Å². The molecule has 2 aromatic carbocycles. The Kier molecular flexibility index (Phi) is 8.40. The molecule has 1 saturated heterocycles. The topological polar surface area (TPSA) is 84.8 Å². The SMILES string of the molecule is COc1ccc(-n2c(C)cc(C(=O)NCc3cccc(NC(=O)CCN4CCOCC4)c3)c2C)cc1. The predicted octanol–water partition coefficient (Wildman–Crippen LogP) is 3.69. The van der Waals surface area contributed by atoms with Crippen LogP contribution in [0.4, 0.5) is 5.69 Å². The molecule has 0 atom stereocenters. The van der Waals surface area contributed by atoms with E-state index in [0.29, 0.717) is 18.5 Å². The fraction of sp³-hybridized carbons (Fsp3) is 0.357. The molecule has 2 amide bonds. The highest BCUT2D eigenvalue weighted by atomic mass is 16.5. The zero-order valence-corrected chi connectivity index (χ0v) is 21.2. The molecule has 1 aliphatic rings. The molecule has 1 aliphatic heterocycles. The Balaban J connectivity index is 1.34. The molecule has 0 aliphatic carbocycles. The number of ether oxygens (including phenoxy) is 2. The van der Waals surface area contributed by atoms with E-state index in [9.17, 15) is 9.59 Å². The van der Waals surface area contributed by atoms with Crippen LogP contribution in [-0.4, -0.2) is 61.2 Å². The number of amides is 2. The number of nitrogens with zero attached hydrogens (tertiary/aromatic N) is 2. The second-order valence-electron chi connectivity index (χ2n) is 8.95. The fourth-order valence-electron chi connectivity index (χ4n) is 4.47. The second-order valence-corrected chi connectivity index (χ2v) is 8.95. The van der Waals surface area contributed by atoms with E-state index in [1.165, 1.54) is 0 Å². The maximum Gasteiger partial charge on any atom is 0.253 e. The van der Waals surface area contributed by atoms with E-state index < -0.39 is 0 Å². The van der Waals surface area contributed by atoms with E-state index in [1.807, 2.05) is 68.4 Å². The lowest BCUT2D eigenvalue weighted by molar-refractivity contribution is -0.116. The maximum atomic E-state index is 13.0. The van der Waals surface area contributed by atoms with Crippen LogP contribution in [0.15, 0.2) is 54.6 Å². The van der Waals surface area contributed by atoms with Gasteiger partial charge in [0.25, 0.3) is 5.91 Å². The molecule has 8 nitrogen and oxygen atoms in total. The molecule has 0 bridgehead atoms. The van der Waals surface area contributed by atoms with Gasteiger partial charge in [-0.3, -0.25) is 14.5 Å². The van der Waals surface area contributed by atoms with Crippen LogP contribution >= 0.6 is 0 Å². The molecule has 0 saturated carbocycles. The van der Waals surface area contributed by atoms with Crippen molar-refractivity contribution in [1.29, 1.82) is 0 Å². The number of aromatic nitrogens is 1. The standard InChI is InChI=1S/C28H34N4O4/c1-20-17-26(21(2)32(20)24-7-9-25(35-3)10-8-24)28(34)29-19-22-5-4-6-23(18-22)30-27(33)11-12-31-13-15-36-16-14-31/h4-10,17-18H,11-16,19H2,1-3H3,(H,29,34)(H,30,33). The number of methoxy groups -OCH3 is 1. The summed E-state index contributed by atoms with van der Waals surface area (Å²) in [6.45, 7) is 8.19. The number of nitrogens with one attached hydrogen (secondary N) is 2. The number of aryl methyl sites for hydroxylation is 1. The number of hydrogen-bond acceptors (Lipinski definition) is 5. The van der Waals surface area contributed by atoms with E-state index in [0.717, 1.165) is 66.9 Å². The first-order valence-electron chi connectivity index (χ1n) is 12.2. The summed E-state index contributed by atoms with van der Waals surface area (Å²) in [6, 6.07) is 17.2. The van der Waals surface area contributed by atoms with Crippen LogP contribution in [0.2, 0.25) is 0 Å². The van der Waals surface area contributed by atoms with Gasteiger partial charge in [0.05, 0.1) is 25.9 Å². The van der Waals surface area contributed by atoms with Gasteiger partial charge in [-0.25, -0.2) is 0 Å². The van der Waals surface area contributed by atoms with Gasteiger partial charge in [-0.05, 0) is 61.9 Å². The molecule has 2 heterocycles. The van der Waals surface area contributed by atoms with E-state index in [4.69, 9.17) is 9.47 Å². The normalized spacial score (nSPS) is 13.9. The van der Waals surface area contributed by atoms with Crippen LogP contribution in [0, 0.1) is 13.8 Å². The van der Waals surface area contributed by atoms with Crippen LogP contribution in [0.3, 0.4) is 0 Å². The van der Waals surface area contributed by atoms with Crippen LogP contribution in [0.5, 0.6) is 5.75 Å². The number of rotatable bonds is 9. The number of anilines is 1. The van der Waals surface area contributed by atoms with Crippen molar-refractivity contribution in [3.63, 3.8) is 0 Å². The van der Waals surface area contributed by atoms with Crippen LogP contribution in [0.25, 0.3) is 5.69 Å². The molecule has 0 radical (unpaired) electrons. The monoisotopic (exact) mass is 490 g/mol. The highest BCUT2D eigenvalue weighted by molar-refractivity contribution is 5.96. The largest absolute Gasteiger partial charge is 0.497 e. The minimum atomic E-state index is -0.136. The predicted molar refractivity (Wildman–Crippen MR) is 140 cm³/mol. The molecule has 2 N–H and O–H groups in total. The summed E-state index contributed by atoms with van der Waals surface area (Å²) in [7, 11) is 1.64. The van der Waals surface area contributed by atoms with Gasteiger partial charge in [0.1, 0.15) is 5.75 Å². The molecule has 3 aromatic rings. The number of hydrogen-bond donors (Lipinski definition) is 2. The molecule has 190 valence electrons. The van der Waals surface area contributed by atoms with E-state index in [1.54, 1.807) is 7.11 Å². The molecular weight excluding hydrogens is 456 g/mol. The molecule has 1 aromatic heterocycles. The first-order chi connectivity index (χ1) is 17.4. The van der Waals surface area contributed by atoms with Gasteiger partial charge in [-0.1, -0.05) is 12.1 Å². The number of benzene rings is 2. The Bertz CT molecular complexity index is 1200. The highest BCUT2D eigenvalue weighted by Gasteiger charge is 2.17. The minimum Gasteiger partial charge on any atom is -0.497 e. The first kappa shape index (κ1) is 25.5. The smallest absolute Gasteiger partial charge is 0.253 e. The zero-order chi connectivity index (χ0) is 25.5. The summed E-state index contributed by atoms with van der Waals surface area (Å²) in [6.07, 6.45) is 0.435. The Morgan fingerprint density at radius 1 is 1.03 bits per heavy atom. The van der Waals surface area contributed by atoms with Crippen molar-refractivity contribution in [1.82, 2.24) is 14.8 Å². The van der Waals surface area contributed by atoms with Gasteiger partial charge >= 0.3 is 0 Å². The summed E-state index contributed by atoms with van der Waals surface area (Å²) in [4.78, 5) is 27.6. The lowest BCUT2D eigenvalue weighted by atomic mass is 10.1. The number of morpholine rings is 1. The quantitative estimate of drug-likeness (QED) is 0.478. The van der Waals surface area contributed by atoms with Crippen molar-refractivity contribution >= 4 is 17.5 Å². The number of carbonyl (C=O) groups excluding carboxylic acids is 2. The zero-order valence-electron chi connectivity index (χ0n) is 21.2. The van der Waals surface area contributed by atoms with Gasteiger partial charge in [-0.2, -0.15) is 0 Å². The van der Waals surface area contributed by atoms with Crippen LogP contribution < -0.4 is 15.4 Å². The fourth-order valence-corrected chi connectivity index (χ4v) is 4.47. The average Bonchev–Trinajstić information content (AvgIpc) is 3.20. The second kappa shape index (κ2) is 11.9. The third-order valence-corrected chi connectivity index (χ3v) is 6.43. The van der Waals surface area contributed by atoms with Crippen molar-refractivity contribution in [2.45, 2.75) is 26.8 Å². The third kappa shape index (κ3) is 6.33. The van der Waals surface area contributed by atoms with Crippen molar-refractivity contribution in [3.05, 3.63) is 77.1 Å². The van der Waals surface area contributed by atoms with Crippen LogP contribution in [0.1, 0.15) is 33.7 Å². The molecule has 0 unspecified atom stereocenters. The minimum absolute atomic E-state index is 0.0198. The van der Waals surface area contributed by atoms with Gasteiger partial charge in [0.15, 0.2) is 0 Å². The van der Waals surface area contributed by atoms with Gasteiger partial charge < -0.3 is 24.7 Å². The number of carbonyl (C=O) groups is 2. The first-order valence-corrected chi connectivity index (χ1v) is 12.2. The molecule has 1 fully saturated rings. The molecule has 4 rings (SSSR count). The Morgan fingerprint density at radius 2 is 1.78 bits per heavy atom. The van der Waals surface area contributed by atoms with Crippen molar-refractivity contribution in [2.24, 2.45) is 0 Å². The average molecular weight is 491 g/mol. The van der Waals surface area contributed by atoms with Crippen molar-refractivity contribution in [2.75, 3.05) is 45.3 Å². The van der Waals surface area contributed by atoms with E-state index >= 15 is 0 Å². The molecule has 8 heteroatoms. The summed E-state index contributed by atoms with van der Waals surface area (Å²) in [5.74, 6) is 0.631. The van der Waals surface area contributed by atoms with E-state index in [-0.39, 0.29) is 11.8 Å². The lowest BCUT2D eigenvalue weighted by Crippen LogP contribution is -2.38. The van der Waals surface area contributed by atoms with Gasteiger partial charge in [0.2, 0.25) is 5.91 Å². The summed E-state index contributed by atoms with van der Waals surface area (Å²) in [5.41, 5.74) is 5.10. The summed E-state index contributed by atoms with van der Waals surface area (Å²) in [5, 5.41) is 5.98. The lowest BCUT2D eigenvalue weighted by Gasteiger charge is -2.26. The highest BCUT2D eigenvalue weighted by Crippen LogP contribution is 2.23.